The van der Waals surface area contributed by atoms with E-state index in [1.165, 1.54) is 12.8 Å². The summed E-state index contributed by atoms with van der Waals surface area (Å²) in [5, 5.41) is 6.30. The zero-order chi connectivity index (χ0) is 13.5. The summed E-state index contributed by atoms with van der Waals surface area (Å²) in [5.74, 6) is -0.0236. The molecule has 2 fully saturated rings. The number of amides is 1. The molecule has 1 amide bonds. The van der Waals surface area contributed by atoms with Gasteiger partial charge in [-0.3, -0.25) is 4.79 Å². The maximum Gasteiger partial charge on any atom is 0.248 e. The van der Waals surface area contributed by atoms with E-state index in [1.807, 2.05) is 0 Å². The van der Waals surface area contributed by atoms with Crippen LogP contribution in [0.4, 0.5) is 0 Å². The second-order valence-electron chi connectivity index (χ2n) is 5.50. The summed E-state index contributed by atoms with van der Waals surface area (Å²) in [6, 6.07) is 0.429. The number of carbonyl (C=O) groups excluding carboxylic acids is 1. The van der Waals surface area contributed by atoms with Crippen LogP contribution in [0, 0.1) is 0 Å². The summed E-state index contributed by atoms with van der Waals surface area (Å²) in [6.45, 7) is 4.91. The van der Waals surface area contributed by atoms with Crippen LogP contribution in [0.3, 0.4) is 0 Å². The first-order valence-corrected chi connectivity index (χ1v) is 7.50. The summed E-state index contributed by atoms with van der Waals surface area (Å²) in [5.41, 5.74) is 0. The third-order valence-electron chi connectivity index (χ3n) is 3.86. The van der Waals surface area contributed by atoms with Crippen LogP contribution in [0.5, 0.6) is 0 Å². The van der Waals surface area contributed by atoms with Crippen molar-refractivity contribution in [1.82, 2.24) is 10.6 Å². The normalized spacial score (nSPS) is 27.6. The molecule has 2 saturated heterocycles. The van der Waals surface area contributed by atoms with Gasteiger partial charge < -0.3 is 20.1 Å². The largest absolute Gasteiger partial charge is 0.376 e. The van der Waals surface area contributed by atoms with Gasteiger partial charge in [0.1, 0.15) is 6.10 Å². The second-order valence-corrected chi connectivity index (χ2v) is 5.50. The standard InChI is InChI=1S/C14H26N2O3.ClH/c1-11(19-10-13-6-2-3-8-18-13)14(17)16-9-12-5-4-7-15-12;/h11-13,15H,2-10H2,1H3,(H,16,17);1H. The minimum Gasteiger partial charge on any atom is -0.376 e. The van der Waals surface area contributed by atoms with Crippen molar-refractivity contribution < 1.29 is 14.3 Å². The van der Waals surface area contributed by atoms with Crippen LogP contribution in [0.25, 0.3) is 0 Å². The van der Waals surface area contributed by atoms with Crippen LogP contribution in [0.2, 0.25) is 0 Å². The van der Waals surface area contributed by atoms with Crippen molar-refractivity contribution in [2.75, 3.05) is 26.3 Å². The van der Waals surface area contributed by atoms with Crippen LogP contribution in [0.15, 0.2) is 0 Å². The zero-order valence-electron chi connectivity index (χ0n) is 12.2. The number of hydrogen-bond acceptors (Lipinski definition) is 4. The summed E-state index contributed by atoms with van der Waals surface area (Å²) in [7, 11) is 0. The lowest BCUT2D eigenvalue weighted by Crippen LogP contribution is -2.42. The third-order valence-corrected chi connectivity index (χ3v) is 3.86. The molecule has 2 aliphatic rings. The lowest BCUT2D eigenvalue weighted by molar-refractivity contribution is -0.135. The van der Waals surface area contributed by atoms with Crippen LogP contribution >= 0.6 is 12.4 Å². The number of halogens is 1. The fourth-order valence-corrected chi connectivity index (χ4v) is 2.56. The first-order valence-electron chi connectivity index (χ1n) is 7.50. The van der Waals surface area contributed by atoms with E-state index >= 15 is 0 Å². The maximum absolute atomic E-state index is 11.9. The molecule has 0 aromatic heterocycles. The molecule has 3 atom stereocenters. The highest BCUT2D eigenvalue weighted by Gasteiger charge is 2.20. The first kappa shape index (κ1) is 17.7. The van der Waals surface area contributed by atoms with Gasteiger partial charge in [0.15, 0.2) is 0 Å². The molecule has 20 heavy (non-hydrogen) atoms. The lowest BCUT2D eigenvalue weighted by atomic mass is 10.1. The molecule has 5 nitrogen and oxygen atoms in total. The Hall–Kier alpha value is -0.360. The molecule has 6 heteroatoms. The van der Waals surface area contributed by atoms with E-state index in [4.69, 9.17) is 9.47 Å². The summed E-state index contributed by atoms with van der Waals surface area (Å²) in [6.07, 6.45) is 5.49. The molecule has 0 aromatic rings. The van der Waals surface area contributed by atoms with Crippen molar-refractivity contribution in [1.29, 1.82) is 0 Å². The Bertz CT molecular complexity index is 280. The maximum atomic E-state index is 11.9. The van der Waals surface area contributed by atoms with Gasteiger partial charge in [-0.25, -0.2) is 0 Å². The van der Waals surface area contributed by atoms with E-state index in [0.717, 1.165) is 32.4 Å². The Labute approximate surface area is 127 Å². The molecule has 0 saturated carbocycles. The Kier molecular flexibility index (Phi) is 8.45. The molecule has 0 spiro atoms. The fourth-order valence-electron chi connectivity index (χ4n) is 2.56. The Morgan fingerprint density at radius 2 is 2.25 bits per heavy atom. The SMILES string of the molecule is CC(OCC1CCCCO1)C(=O)NCC1CCCN1.Cl. The summed E-state index contributed by atoms with van der Waals surface area (Å²) in [4.78, 5) is 11.9. The van der Waals surface area contributed by atoms with Gasteiger partial charge in [-0.05, 0) is 45.6 Å². The number of nitrogens with one attached hydrogen (secondary N) is 2. The molecular weight excluding hydrogens is 280 g/mol. The molecule has 3 unspecified atom stereocenters. The van der Waals surface area contributed by atoms with Gasteiger partial charge in [-0.2, -0.15) is 0 Å². The van der Waals surface area contributed by atoms with Crippen LogP contribution in [-0.2, 0) is 14.3 Å². The zero-order valence-corrected chi connectivity index (χ0v) is 13.0. The van der Waals surface area contributed by atoms with E-state index in [2.05, 4.69) is 10.6 Å². The van der Waals surface area contributed by atoms with Crippen LogP contribution in [0.1, 0.15) is 39.0 Å². The Morgan fingerprint density at radius 1 is 1.40 bits per heavy atom. The molecule has 118 valence electrons. The van der Waals surface area contributed by atoms with Crippen molar-refractivity contribution in [3.8, 4) is 0 Å². The predicted molar refractivity (Wildman–Crippen MR) is 80.3 cm³/mol. The van der Waals surface area contributed by atoms with Crippen LogP contribution in [-0.4, -0.2) is 50.5 Å². The third kappa shape index (κ3) is 5.95. The fraction of sp³-hybridized carbons (Fsp3) is 0.929. The molecule has 0 radical (unpaired) electrons. The van der Waals surface area contributed by atoms with Gasteiger partial charge in [0.05, 0.1) is 12.7 Å². The van der Waals surface area contributed by atoms with Gasteiger partial charge in [0, 0.05) is 19.2 Å². The van der Waals surface area contributed by atoms with E-state index in [9.17, 15) is 4.79 Å². The molecule has 2 N–H and O–H groups in total. The van der Waals surface area contributed by atoms with E-state index in [1.54, 1.807) is 6.92 Å². The molecule has 0 bridgehead atoms. The number of hydrogen-bond donors (Lipinski definition) is 2. The number of rotatable bonds is 6. The van der Waals surface area contributed by atoms with Gasteiger partial charge >= 0.3 is 0 Å². The average Bonchev–Trinajstić information content (AvgIpc) is 2.96. The second kappa shape index (κ2) is 9.55. The smallest absolute Gasteiger partial charge is 0.248 e. The highest BCUT2D eigenvalue weighted by atomic mass is 35.5. The van der Waals surface area contributed by atoms with Crippen molar-refractivity contribution in [3.05, 3.63) is 0 Å². The minimum atomic E-state index is -0.396. The Morgan fingerprint density at radius 3 is 2.90 bits per heavy atom. The monoisotopic (exact) mass is 306 g/mol. The highest BCUT2D eigenvalue weighted by molar-refractivity contribution is 5.85. The quantitative estimate of drug-likeness (QED) is 0.775. The van der Waals surface area contributed by atoms with Crippen molar-refractivity contribution in [2.45, 2.75) is 57.3 Å². The van der Waals surface area contributed by atoms with E-state index < -0.39 is 6.10 Å². The van der Waals surface area contributed by atoms with Gasteiger partial charge in [0.2, 0.25) is 5.91 Å². The minimum absolute atomic E-state index is 0. The van der Waals surface area contributed by atoms with Crippen molar-refractivity contribution in [3.63, 3.8) is 0 Å². The summed E-state index contributed by atoms with van der Waals surface area (Å²) >= 11 is 0. The number of ether oxygens (including phenoxy) is 2. The molecular formula is C14H27ClN2O3. The number of carbonyl (C=O) groups is 1. The highest BCUT2D eigenvalue weighted by Crippen LogP contribution is 2.13. The predicted octanol–water partition coefficient (Wildman–Crippen LogP) is 1.25. The van der Waals surface area contributed by atoms with Crippen molar-refractivity contribution >= 4 is 18.3 Å². The Balaban J connectivity index is 0.00000200. The molecule has 0 aromatic carbocycles. The van der Waals surface area contributed by atoms with Crippen LogP contribution < -0.4 is 10.6 Å². The van der Waals surface area contributed by atoms with Gasteiger partial charge in [-0.15, -0.1) is 12.4 Å². The van der Waals surface area contributed by atoms with E-state index in [-0.39, 0.29) is 24.4 Å². The van der Waals surface area contributed by atoms with Gasteiger partial charge in [0.25, 0.3) is 0 Å². The van der Waals surface area contributed by atoms with Gasteiger partial charge in [-0.1, -0.05) is 0 Å². The molecule has 2 aliphatic heterocycles. The molecule has 2 rings (SSSR count). The molecule has 2 heterocycles. The average molecular weight is 307 g/mol. The summed E-state index contributed by atoms with van der Waals surface area (Å²) < 4.78 is 11.2. The van der Waals surface area contributed by atoms with E-state index in [0.29, 0.717) is 19.2 Å². The van der Waals surface area contributed by atoms with Crippen molar-refractivity contribution in [2.24, 2.45) is 0 Å². The lowest BCUT2D eigenvalue weighted by Gasteiger charge is -2.24. The first-order chi connectivity index (χ1) is 9.25. The topological polar surface area (TPSA) is 59.6 Å². The molecule has 0 aliphatic carbocycles.